The topological polar surface area (TPSA) is 186 Å². The molecule has 2 aliphatic carbocycles. The van der Waals surface area contributed by atoms with Crippen LogP contribution in [0.2, 0.25) is 0 Å². The molecule has 4 amide bonds. The number of fused-ring (bicyclic) bond motifs is 3. The van der Waals surface area contributed by atoms with Gasteiger partial charge in [0.2, 0.25) is 27.7 Å². The molecule has 1 aromatic carbocycles. The van der Waals surface area contributed by atoms with E-state index in [9.17, 15) is 27.6 Å². The van der Waals surface area contributed by atoms with E-state index >= 15 is 0 Å². The van der Waals surface area contributed by atoms with Crippen molar-refractivity contribution in [2.45, 2.75) is 113 Å². The molecule has 0 spiro atoms. The van der Waals surface area contributed by atoms with Gasteiger partial charge in [0.1, 0.15) is 35.7 Å². The predicted molar refractivity (Wildman–Crippen MR) is 179 cm³/mol. The monoisotopic (exact) mass is 696 g/mol. The number of nitrogens with zero attached hydrogens (tertiary/aromatic N) is 3. The molecule has 14 nitrogen and oxygen atoms in total. The molecule has 2 aliphatic heterocycles. The summed E-state index contributed by atoms with van der Waals surface area (Å²) in [5, 5.41) is 5.63. The molecule has 1 saturated heterocycles. The van der Waals surface area contributed by atoms with Gasteiger partial charge in [0, 0.05) is 12.3 Å². The van der Waals surface area contributed by atoms with Crippen molar-refractivity contribution in [1.29, 1.82) is 0 Å². The van der Waals surface area contributed by atoms with Crippen LogP contribution in [0, 0.1) is 5.92 Å². The summed E-state index contributed by atoms with van der Waals surface area (Å²) in [4.78, 5) is 65.0. The molecule has 3 heterocycles. The Bertz CT molecular complexity index is 1750. The summed E-state index contributed by atoms with van der Waals surface area (Å²) in [5.74, 6) is -2.01. The maximum absolute atomic E-state index is 14.3. The molecule has 5 atom stereocenters. The lowest BCUT2D eigenvalue weighted by Gasteiger charge is -2.30. The maximum atomic E-state index is 14.3. The summed E-state index contributed by atoms with van der Waals surface area (Å²) in [6.45, 7) is 5.18. The molecule has 4 aliphatic rings. The second kappa shape index (κ2) is 13.6. The number of nitrogens with one attached hydrogen (secondary N) is 3. The van der Waals surface area contributed by atoms with Gasteiger partial charge in [0.05, 0.1) is 22.7 Å². The van der Waals surface area contributed by atoms with Crippen LogP contribution in [0.5, 0.6) is 5.88 Å². The van der Waals surface area contributed by atoms with Gasteiger partial charge >= 0.3 is 6.09 Å². The van der Waals surface area contributed by atoms with Gasteiger partial charge in [0.25, 0.3) is 5.91 Å². The smallest absolute Gasteiger partial charge is 0.408 e. The fraction of sp³-hybridized carbons (Fsp3) is 0.588. The zero-order valence-corrected chi connectivity index (χ0v) is 28.8. The summed E-state index contributed by atoms with van der Waals surface area (Å²) in [5.41, 5.74) is -1.62. The van der Waals surface area contributed by atoms with Crippen LogP contribution in [0.25, 0.3) is 10.9 Å². The Morgan fingerprint density at radius 1 is 1.06 bits per heavy atom. The SMILES string of the molecule is CC(C)(C)OC(=O)N[C@H]1CCCCC/C=C\[C@@H]2C[C@@]2(C(=O)NS(=O)(=O)C2CC2)NC(=O)[C@@H]2C[C@@H](Oc3ncnc4ccccc34)CN2C1=O. The number of hydrogen-bond acceptors (Lipinski definition) is 10. The Morgan fingerprint density at radius 2 is 1.84 bits per heavy atom. The van der Waals surface area contributed by atoms with Crippen molar-refractivity contribution >= 4 is 44.7 Å². The van der Waals surface area contributed by atoms with Crippen LogP contribution >= 0.6 is 0 Å². The van der Waals surface area contributed by atoms with E-state index in [1.807, 2.05) is 36.4 Å². The lowest BCUT2D eigenvalue weighted by molar-refractivity contribution is -0.141. The van der Waals surface area contributed by atoms with E-state index in [0.717, 1.165) is 12.8 Å². The van der Waals surface area contributed by atoms with E-state index < -0.39 is 74.3 Å². The van der Waals surface area contributed by atoms with Crippen molar-refractivity contribution in [1.82, 2.24) is 30.2 Å². The fourth-order valence-electron chi connectivity index (χ4n) is 6.53. The highest BCUT2D eigenvalue weighted by Gasteiger charge is 2.62. The molecule has 6 rings (SSSR count). The zero-order chi connectivity index (χ0) is 35.0. The third-order valence-corrected chi connectivity index (χ3v) is 11.1. The number of allylic oxidation sites excluding steroid dienone is 1. The average Bonchev–Trinajstić information content (AvgIpc) is 3.96. The summed E-state index contributed by atoms with van der Waals surface area (Å²) < 4.78 is 39.5. The molecular formula is C34H44N6O8S. The van der Waals surface area contributed by atoms with Crippen molar-refractivity contribution in [3.63, 3.8) is 0 Å². The van der Waals surface area contributed by atoms with Crippen molar-refractivity contribution in [3.8, 4) is 5.88 Å². The number of carbonyl (C=O) groups is 4. The Labute approximate surface area is 285 Å². The Balaban J connectivity index is 1.30. The molecule has 0 unspecified atom stereocenters. The van der Waals surface area contributed by atoms with E-state index in [-0.39, 0.29) is 19.4 Å². The van der Waals surface area contributed by atoms with Crippen molar-refractivity contribution in [2.75, 3.05) is 6.54 Å². The molecule has 15 heteroatoms. The summed E-state index contributed by atoms with van der Waals surface area (Å²) in [6.07, 6.45) is 8.23. The van der Waals surface area contributed by atoms with Crippen LogP contribution < -0.4 is 20.1 Å². The Kier molecular flexibility index (Phi) is 9.57. The van der Waals surface area contributed by atoms with Crippen LogP contribution in [0.3, 0.4) is 0 Å². The van der Waals surface area contributed by atoms with E-state index in [1.165, 1.54) is 11.2 Å². The number of para-hydroxylation sites is 1. The van der Waals surface area contributed by atoms with Crippen LogP contribution in [0.15, 0.2) is 42.7 Å². The highest BCUT2D eigenvalue weighted by Crippen LogP contribution is 2.46. The zero-order valence-electron chi connectivity index (χ0n) is 28.0. The van der Waals surface area contributed by atoms with E-state index in [1.54, 1.807) is 20.8 Å². The first kappa shape index (κ1) is 34.6. The fourth-order valence-corrected chi connectivity index (χ4v) is 7.89. The lowest BCUT2D eigenvalue weighted by atomic mass is 10.0. The van der Waals surface area contributed by atoms with Gasteiger partial charge in [-0.25, -0.2) is 23.2 Å². The molecule has 1 aromatic heterocycles. The quantitative estimate of drug-likeness (QED) is 0.379. The first-order valence-corrected chi connectivity index (χ1v) is 18.5. The summed E-state index contributed by atoms with van der Waals surface area (Å²) in [6, 6.07) is 5.23. The van der Waals surface area contributed by atoms with Crippen molar-refractivity contribution in [2.24, 2.45) is 5.92 Å². The third-order valence-electron chi connectivity index (χ3n) is 9.32. The van der Waals surface area contributed by atoms with E-state index in [2.05, 4.69) is 25.3 Å². The average molecular weight is 697 g/mol. The summed E-state index contributed by atoms with van der Waals surface area (Å²) >= 11 is 0. The Hall–Kier alpha value is -4.27. The highest BCUT2D eigenvalue weighted by atomic mass is 32.2. The van der Waals surface area contributed by atoms with Gasteiger partial charge < -0.3 is 25.0 Å². The van der Waals surface area contributed by atoms with Crippen molar-refractivity contribution < 1.29 is 37.1 Å². The Morgan fingerprint density at radius 3 is 2.59 bits per heavy atom. The van der Waals surface area contributed by atoms with Crippen LogP contribution in [-0.2, 0) is 29.1 Å². The van der Waals surface area contributed by atoms with Crippen LogP contribution in [-0.4, -0.2) is 88.2 Å². The van der Waals surface area contributed by atoms with Gasteiger partial charge in [-0.3, -0.25) is 19.1 Å². The maximum Gasteiger partial charge on any atom is 0.408 e. The molecule has 49 heavy (non-hydrogen) atoms. The van der Waals surface area contributed by atoms with Gasteiger partial charge in [-0.15, -0.1) is 0 Å². The van der Waals surface area contributed by atoms with Gasteiger partial charge in [-0.2, -0.15) is 0 Å². The lowest BCUT2D eigenvalue weighted by Crippen LogP contribution is -2.58. The number of ether oxygens (including phenoxy) is 2. The normalized spacial score (nSPS) is 28.6. The number of hydrogen-bond donors (Lipinski definition) is 3. The number of carbonyl (C=O) groups excluding carboxylic acids is 4. The number of benzene rings is 1. The number of alkyl carbamates (subject to hydrolysis) is 1. The molecule has 3 N–H and O–H groups in total. The second-order valence-electron chi connectivity index (χ2n) is 14.4. The van der Waals surface area contributed by atoms with Gasteiger partial charge in [0.15, 0.2) is 0 Å². The molecule has 0 bridgehead atoms. The minimum Gasteiger partial charge on any atom is -0.472 e. The third kappa shape index (κ3) is 7.97. The minimum atomic E-state index is -3.87. The van der Waals surface area contributed by atoms with Crippen LogP contribution in [0.4, 0.5) is 4.79 Å². The molecule has 264 valence electrons. The standard InChI is InChI=1S/C34H44N6O8S/c1-33(2,3)48-32(44)37-26-14-8-6-4-5-7-11-21-18-34(21,31(43)39-49(45,46)23-15-16-23)38-28(41)27-17-22(19-40(27)30(26)42)47-29-24-12-9-10-13-25(24)35-20-36-29/h7,9-13,20-23,26-27H,4-6,8,14-19H2,1-3H3,(H,37,44)(H,38,41)(H,39,43)/b11-7-/t21-,22-,26+,27+,34-/m1/s1. The predicted octanol–water partition coefficient (Wildman–Crippen LogP) is 2.88. The number of sulfonamides is 1. The first-order valence-electron chi connectivity index (χ1n) is 17.0. The van der Waals surface area contributed by atoms with Gasteiger partial charge in [-0.1, -0.05) is 37.1 Å². The van der Waals surface area contributed by atoms with Crippen LogP contribution in [0.1, 0.15) is 78.6 Å². The molecule has 2 aromatic rings. The molecule has 3 fully saturated rings. The number of aromatic nitrogens is 2. The van der Waals surface area contributed by atoms with E-state index in [0.29, 0.717) is 48.9 Å². The van der Waals surface area contributed by atoms with Gasteiger partial charge in [-0.05, 0) is 71.4 Å². The second-order valence-corrected chi connectivity index (χ2v) is 16.4. The first-order chi connectivity index (χ1) is 23.3. The molecule has 0 radical (unpaired) electrons. The number of amides is 4. The van der Waals surface area contributed by atoms with E-state index in [4.69, 9.17) is 9.47 Å². The minimum absolute atomic E-state index is 0.000333. The summed E-state index contributed by atoms with van der Waals surface area (Å²) in [7, 11) is -3.87. The molecular weight excluding hydrogens is 652 g/mol. The number of rotatable bonds is 6. The highest BCUT2D eigenvalue weighted by molar-refractivity contribution is 7.91. The van der Waals surface area contributed by atoms with Crippen molar-refractivity contribution in [3.05, 3.63) is 42.7 Å². The largest absolute Gasteiger partial charge is 0.472 e. The molecule has 2 saturated carbocycles.